The van der Waals surface area contributed by atoms with E-state index in [0.717, 1.165) is 17.3 Å². The van der Waals surface area contributed by atoms with Crippen LogP contribution in [0.2, 0.25) is 10.0 Å². The van der Waals surface area contributed by atoms with Gasteiger partial charge >= 0.3 is 0 Å². The van der Waals surface area contributed by atoms with Crippen LogP contribution in [-0.4, -0.2) is 27.8 Å². The van der Waals surface area contributed by atoms with Crippen molar-refractivity contribution in [1.82, 2.24) is 14.9 Å². The number of para-hydroxylation sites is 1. The number of nitrogens with one attached hydrogen (secondary N) is 1. The second-order valence-corrected chi connectivity index (χ2v) is 7.86. The molecule has 9 heteroatoms. The number of carbonyl (C=O) groups excluding carboxylic acids is 1. The number of amides is 1. The van der Waals surface area contributed by atoms with Crippen molar-refractivity contribution >= 4 is 51.8 Å². The van der Waals surface area contributed by atoms with Crippen LogP contribution in [0.25, 0.3) is 10.9 Å². The van der Waals surface area contributed by atoms with Gasteiger partial charge in [0.2, 0.25) is 5.91 Å². The summed E-state index contributed by atoms with van der Waals surface area (Å²) in [5.74, 6) is -0.250. The Morgan fingerprint density at radius 2 is 2.03 bits per heavy atom. The SMILES string of the molecule is N#CCNC(=O)CSc1nc2ccccc2c(=O)n1CCc1ccc(Cl)cc1Cl. The monoisotopic (exact) mass is 446 g/mol. The summed E-state index contributed by atoms with van der Waals surface area (Å²) in [7, 11) is 0. The molecule has 0 aliphatic heterocycles. The number of aromatic nitrogens is 2. The zero-order chi connectivity index (χ0) is 20.8. The van der Waals surface area contributed by atoms with E-state index >= 15 is 0 Å². The van der Waals surface area contributed by atoms with Gasteiger partial charge in [0.15, 0.2) is 5.16 Å². The van der Waals surface area contributed by atoms with E-state index in [1.54, 1.807) is 41.0 Å². The molecule has 1 amide bonds. The Morgan fingerprint density at radius 3 is 2.79 bits per heavy atom. The van der Waals surface area contributed by atoms with E-state index in [2.05, 4.69) is 10.3 Å². The molecule has 3 aromatic rings. The molecule has 0 saturated carbocycles. The number of hydrogen-bond acceptors (Lipinski definition) is 5. The Hall–Kier alpha value is -2.53. The second-order valence-electron chi connectivity index (χ2n) is 6.08. The van der Waals surface area contributed by atoms with E-state index in [1.807, 2.05) is 12.1 Å². The van der Waals surface area contributed by atoms with Gasteiger partial charge in [-0.15, -0.1) is 0 Å². The topological polar surface area (TPSA) is 87.8 Å². The lowest BCUT2D eigenvalue weighted by atomic mass is 10.1. The molecule has 2 aromatic carbocycles. The van der Waals surface area contributed by atoms with Crippen LogP contribution in [-0.2, 0) is 17.8 Å². The molecule has 1 N–H and O–H groups in total. The van der Waals surface area contributed by atoms with Crippen molar-refractivity contribution in [2.45, 2.75) is 18.1 Å². The fourth-order valence-corrected chi connectivity index (χ4v) is 4.09. The summed E-state index contributed by atoms with van der Waals surface area (Å²) in [4.78, 5) is 29.5. The molecule has 3 rings (SSSR count). The highest BCUT2D eigenvalue weighted by molar-refractivity contribution is 7.99. The quantitative estimate of drug-likeness (QED) is 0.339. The number of hydrogen-bond donors (Lipinski definition) is 1. The zero-order valence-corrected chi connectivity index (χ0v) is 17.5. The normalized spacial score (nSPS) is 10.7. The zero-order valence-electron chi connectivity index (χ0n) is 15.2. The molecule has 0 bridgehead atoms. The maximum Gasteiger partial charge on any atom is 0.262 e. The molecule has 1 aromatic heterocycles. The van der Waals surface area contributed by atoms with Crippen LogP contribution in [0, 0.1) is 11.3 Å². The Balaban J connectivity index is 1.90. The maximum absolute atomic E-state index is 13.0. The highest BCUT2D eigenvalue weighted by atomic mass is 35.5. The van der Waals surface area contributed by atoms with E-state index in [0.29, 0.717) is 39.1 Å². The molecule has 29 heavy (non-hydrogen) atoms. The fourth-order valence-electron chi connectivity index (χ4n) is 2.73. The van der Waals surface area contributed by atoms with Gasteiger partial charge in [0.25, 0.3) is 5.56 Å². The number of nitriles is 1. The highest BCUT2D eigenvalue weighted by Gasteiger charge is 2.14. The minimum absolute atomic E-state index is 0.0498. The summed E-state index contributed by atoms with van der Waals surface area (Å²) in [6, 6.07) is 14.2. The van der Waals surface area contributed by atoms with Crippen LogP contribution in [0.4, 0.5) is 0 Å². The van der Waals surface area contributed by atoms with Crippen molar-refractivity contribution in [1.29, 1.82) is 5.26 Å². The van der Waals surface area contributed by atoms with Crippen molar-refractivity contribution in [2.24, 2.45) is 0 Å². The molecular weight excluding hydrogens is 431 g/mol. The van der Waals surface area contributed by atoms with Gasteiger partial charge in [0.05, 0.1) is 22.7 Å². The summed E-state index contributed by atoms with van der Waals surface area (Å²) >= 11 is 13.3. The van der Waals surface area contributed by atoms with E-state index < -0.39 is 0 Å². The third-order valence-corrected chi connectivity index (χ3v) is 5.71. The van der Waals surface area contributed by atoms with Gasteiger partial charge in [-0.05, 0) is 36.2 Å². The molecule has 0 fully saturated rings. The first kappa shape index (κ1) is 21.2. The minimum atomic E-state index is -0.300. The number of aryl methyl sites for hydroxylation is 1. The number of benzene rings is 2. The summed E-state index contributed by atoms with van der Waals surface area (Å²) in [6.07, 6.45) is 0.504. The lowest BCUT2D eigenvalue weighted by molar-refractivity contribution is -0.118. The largest absolute Gasteiger partial charge is 0.342 e. The van der Waals surface area contributed by atoms with Gasteiger partial charge in [0, 0.05) is 16.6 Å². The Bertz CT molecular complexity index is 1160. The van der Waals surface area contributed by atoms with Crippen LogP contribution in [0.5, 0.6) is 0 Å². The molecule has 0 spiro atoms. The van der Waals surface area contributed by atoms with Crippen molar-refractivity contribution < 1.29 is 4.79 Å². The Kier molecular flexibility index (Phi) is 7.15. The van der Waals surface area contributed by atoms with Gasteiger partial charge < -0.3 is 5.32 Å². The number of fused-ring (bicyclic) bond motifs is 1. The Morgan fingerprint density at radius 1 is 1.24 bits per heavy atom. The summed E-state index contributed by atoms with van der Waals surface area (Å²) in [6.45, 7) is 0.284. The minimum Gasteiger partial charge on any atom is -0.342 e. The van der Waals surface area contributed by atoms with E-state index in [9.17, 15) is 9.59 Å². The maximum atomic E-state index is 13.0. The van der Waals surface area contributed by atoms with E-state index in [1.165, 1.54) is 0 Å². The smallest absolute Gasteiger partial charge is 0.262 e. The van der Waals surface area contributed by atoms with Crippen LogP contribution in [0.1, 0.15) is 5.56 Å². The molecular formula is C20H16Cl2N4O2S. The number of carbonyl (C=O) groups is 1. The van der Waals surface area contributed by atoms with Gasteiger partial charge in [0.1, 0.15) is 6.54 Å². The van der Waals surface area contributed by atoms with Gasteiger partial charge in [-0.3, -0.25) is 14.2 Å². The van der Waals surface area contributed by atoms with Crippen LogP contribution in [0.15, 0.2) is 52.4 Å². The third-order valence-electron chi connectivity index (χ3n) is 4.14. The fraction of sp³-hybridized carbons (Fsp3) is 0.200. The lowest BCUT2D eigenvalue weighted by Crippen LogP contribution is -2.27. The van der Waals surface area contributed by atoms with E-state index in [-0.39, 0.29) is 23.8 Å². The number of thioether (sulfide) groups is 1. The first-order valence-electron chi connectivity index (χ1n) is 8.69. The predicted molar refractivity (Wildman–Crippen MR) is 116 cm³/mol. The average molecular weight is 447 g/mol. The summed E-state index contributed by atoms with van der Waals surface area (Å²) in [5.41, 5.74) is 1.25. The molecule has 0 saturated heterocycles. The first-order valence-corrected chi connectivity index (χ1v) is 10.4. The van der Waals surface area contributed by atoms with Crippen molar-refractivity contribution in [3.63, 3.8) is 0 Å². The van der Waals surface area contributed by atoms with Crippen molar-refractivity contribution in [2.75, 3.05) is 12.3 Å². The third kappa shape index (κ3) is 5.30. The van der Waals surface area contributed by atoms with Gasteiger partial charge in [-0.2, -0.15) is 5.26 Å². The van der Waals surface area contributed by atoms with Crippen LogP contribution in [0.3, 0.4) is 0 Å². The predicted octanol–water partition coefficient (Wildman–Crippen LogP) is 3.68. The first-order chi connectivity index (χ1) is 14.0. The molecule has 0 atom stereocenters. The van der Waals surface area contributed by atoms with Gasteiger partial charge in [-0.1, -0.05) is 53.2 Å². The standard InChI is InChI=1S/C20H16Cl2N4O2S/c21-14-6-5-13(16(22)11-14)7-10-26-19(28)15-3-1-2-4-17(15)25-20(26)29-12-18(27)24-9-8-23/h1-6,11H,7,9-10,12H2,(H,24,27). The number of halogens is 2. The molecule has 1 heterocycles. The van der Waals surface area contributed by atoms with E-state index in [4.69, 9.17) is 28.5 Å². The van der Waals surface area contributed by atoms with Crippen molar-refractivity contribution in [3.8, 4) is 6.07 Å². The highest BCUT2D eigenvalue weighted by Crippen LogP contribution is 2.23. The van der Waals surface area contributed by atoms with Crippen LogP contribution < -0.4 is 10.9 Å². The summed E-state index contributed by atoms with van der Waals surface area (Å²) < 4.78 is 1.55. The molecule has 148 valence electrons. The molecule has 0 aliphatic carbocycles. The Labute approximate surface area is 181 Å². The summed E-state index contributed by atoms with van der Waals surface area (Å²) in [5, 5.41) is 13.1. The number of rotatable bonds is 7. The van der Waals surface area contributed by atoms with Gasteiger partial charge in [-0.25, -0.2) is 4.98 Å². The lowest BCUT2D eigenvalue weighted by Gasteiger charge is -2.13. The number of nitrogens with zero attached hydrogens (tertiary/aromatic N) is 3. The molecule has 0 unspecified atom stereocenters. The molecule has 0 aliphatic rings. The van der Waals surface area contributed by atoms with Crippen LogP contribution >= 0.6 is 35.0 Å². The average Bonchev–Trinajstić information content (AvgIpc) is 2.71. The van der Waals surface area contributed by atoms with Crippen molar-refractivity contribution in [3.05, 3.63) is 68.4 Å². The molecule has 0 radical (unpaired) electrons. The second kappa shape index (κ2) is 9.79. The molecule has 6 nitrogen and oxygen atoms in total.